The number of amides is 2. The summed E-state index contributed by atoms with van der Waals surface area (Å²) in [5.74, 6) is 0.450. The number of hydrogen-bond acceptors (Lipinski definition) is 7. The molecule has 4 rings (SSSR count). The molecule has 0 saturated carbocycles. The predicted molar refractivity (Wildman–Crippen MR) is 133 cm³/mol. The molecule has 12 heteroatoms. The number of aromatic hydroxyl groups is 1. The number of urea groups is 1. The zero-order chi connectivity index (χ0) is 23.7. The summed E-state index contributed by atoms with van der Waals surface area (Å²) in [4.78, 5) is 25.9. The number of methoxy groups -OCH3 is 1. The standard InChI is InChI=1S/C21H14Cl3N5O3S/c1-32-17-6-10(2-5-16(17)30)14-3-4-15-20(26-14)27-18(9-25-15)29(33)21(31)28-19-12(23)7-11(22)8-13(19)24/h2-9,30,33H,1H3,(H,28,31). The van der Waals surface area contributed by atoms with Crippen LogP contribution in [0.3, 0.4) is 0 Å². The number of anilines is 2. The van der Waals surface area contributed by atoms with Gasteiger partial charge in [-0.05, 0) is 42.5 Å². The Bertz CT molecular complexity index is 1370. The van der Waals surface area contributed by atoms with Crippen molar-refractivity contribution in [2.75, 3.05) is 16.7 Å². The van der Waals surface area contributed by atoms with Gasteiger partial charge in [-0.25, -0.2) is 24.1 Å². The molecule has 0 atom stereocenters. The molecule has 33 heavy (non-hydrogen) atoms. The number of nitrogens with one attached hydrogen (secondary N) is 1. The van der Waals surface area contributed by atoms with E-state index in [1.54, 1.807) is 24.3 Å². The average molecular weight is 523 g/mol. The molecule has 2 N–H and O–H groups in total. The van der Waals surface area contributed by atoms with Gasteiger partial charge in [0, 0.05) is 10.6 Å². The van der Waals surface area contributed by atoms with Crippen LogP contribution in [0.15, 0.2) is 48.7 Å². The molecule has 168 valence electrons. The number of benzene rings is 2. The second kappa shape index (κ2) is 9.48. The zero-order valence-electron chi connectivity index (χ0n) is 16.8. The fourth-order valence-electron chi connectivity index (χ4n) is 2.91. The number of phenols is 1. The number of phenolic OH excluding ortho intramolecular Hbond substituents is 1. The minimum Gasteiger partial charge on any atom is -0.504 e. The van der Waals surface area contributed by atoms with Crippen molar-refractivity contribution < 1.29 is 14.6 Å². The molecule has 0 radical (unpaired) electrons. The van der Waals surface area contributed by atoms with Gasteiger partial charge in [0.1, 0.15) is 5.52 Å². The largest absolute Gasteiger partial charge is 0.504 e. The summed E-state index contributed by atoms with van der Waals surface area (Å²) in [6, 6.07) is 10.6. The third-order valence-electron chi connectivity index (χ3n) is 4.52. The van der Waals surface area contributed by atoms with E-state index in [4.69, 9.17) is 39.5 Å². The lowest BCUT2D eigenvalue weighted by atomic mass is 10.1. The summed E-state index contributed by atoms with van der Waals surface area (Å²) in [7, 11) is 1.46. The van der Waals surface area contributed by atoms with E-state index in [-0.39, 0.29) is 32.9 Å². The van der Waals surface area contributed by atoms with Gasteiger partial charge < -0.3 is 15.2 Å². The van der Waals surface area contributed by atoms with Gasteiger partial charge in [-0.1, -0.05) is 47.6 Å². The van der Waals surface area contributed by atoms with E-state index in [1.165, 1.54) is 31.5 Å². The van der Waals surface area contributed by atoms with Crippen LogP contribution in [-0.4, -0.2) is 33.2 Å². The number of fused-ring (bicyclic) bond motifs is 1. The molecule has 0 spiro atoms. The third kappa shape index (κ3) is 4.86. The molecular formula is C21H14Cl3N5O3S. The monoisotopic (exact) mass is 521 g/mol. The van der Waals surface area contributed by atoms with Gasteiger partial charge >= 0.3 is 6.03 Å². The lowest BCUT2D eigenvalue weighted by Gasteiger charge is -2.17. The number of hydrogen-bond donors (Lipinski definition) is 3. The minimum absolute atomic E-state index is 0.0155. The van der Waals surface area contributed by atoms with Crippen LogP contribution in [0.25, 0.3) is 22.4 Å². The second-order valence-electron chi connectivity index (χ2n) is 6.64. The van der Waals surface area contributed by atoms with Crippen LogP contribution < -0.4 is 14.4 Å². The maximum absolute atomic E-state index is 12.7. The van der Waals surface area contributed by atoms with Crippen molar-refractivity contribution in [1.82, 2.24) is 15.0 Å². The van der Waals surface area contributed by atoms with Crippen LogP contribution in [-0.2, 0) is 0 Å². The molecular weight excluding hydrogens is 509 g/mol. The van der Waals surface area contributed by atoms with E-state index in [2.05, 4.69) is 33.1 Å². The number of rotatable bonds is 4. The topological polar surface area (TPSA) is 100 Å². The second-order valence-corrected chi connectivity index (χ2v) is 8.29. The Kier molecular flexibility index (Phi) is 6.66. The Balaban J connectivity index is 1.64. The predicted octanol–water partition coefficient (Wildman–Crippen LogP) is 6.25. The average Bonchev–Trinajstić information content (AvgIpc) is 2.80. The van der Waals surface area contributed by atoms with Gasteiger partial charge in [-0.2, -0.15) is 0 Å². The van der Waals surface area contributed by atoms with E-state index >= 15 is 0 Å². The summed E-state index contributed by atoms with van der Waals surface area (Å²) in [5, 5.41) is 13.1. The van der Waals surface area contributed by atoms with Crippen LogP contribution >= 0.6 is 47.6 Å². The first-order valence-corrected chi connectivity index (χ1v) is 10.8. The molecule has 0 fully saturated rings. The smallest absolute Gasteiger partial charge is 0.337 e. The minimum atomic E-state index is -0.669. The molecule has 0 saturated heterocycles. The highest BCUT2D eigenvalue weighted by Crippen LogP contribution is 2.34. The lowest BCUT2D eigenvalue weighted by Crippen LogP contribution is -2.28. The van der Waals surface area contributed by atoms with E-state index in [0.29, 0.717) is 27.5 Å². The summed E-state index contributed by atoms with van der Waals surface area (Å²) < 4.78 is 6.10. The number of carbonyl (C=O) groups excluding carboxylic acids is 1. The Morgan fingerprint density at radius 1 is 1.09 bits per heavy atom. The maximum atomic E-state index is 12.7. The van der Waals surface area contributed by atoms with Gasteiger partial charge in [-0.15, -0.1) is 0 Å². The van der Waals surface area contributed by atoms with Gasteiger partial charge in [0.25, 0.3) is 0 Å². The van der Waals surface area contributed by atoms with Crippen LogP contribution in [0.5, 0.6) is 11.5 Å². The Morgan fingerprint density at radius 3 is 2.52 bits per heavy atom. The highest BCUT2D eigenvalue weighted by Gasteiger charge is 2.19. The van der Waals surface area contributed by atoms with Crippen LogP contribution in [0.1, 0.15) is 0 Å². The van der Waals surface area contributed by atoms with Crippen molar-refractivity contribution in [3.63, 3.8) is 0 Å². The molecule has 0 unspecified atom stereocenters. The number of thiol groups is 1. The highest BCUT2D eigenvalue weighted by atomic mass is 35.5. The van der Waals surface area contributed by atoms with Crippen molar-refractivity contribution in [3.05, 3.63) is 63.7 Å². The number of ether oxygens (including phenoxy) is 1. The Labute approximate surface area is 208 Å². The molecule has 2 aromatic carbocycles. The van der Waals surface area contributed by atoms with E-state index in [9.17, 15) is 9.90 Å². The molecule has 0 aliphatic rings. The van der Waals surface area contributed by atoms with Crippen LogP contribution in [0, 0.1) is 0 Å². The SMILES string of the molecule is COc1cc(-c2ccc3ncc(N(S)C(=O)Nc4c(Cl)cc(Cl)cc4Cl)nc3n2)ccc1O. The first-order chi connectivity index (χ1) is 15.8. The first kappa shape index (κ1) is 23.2. The lowest BCUT2D eigenvalue weighted by molar-refractivity contribution is 0.260. The molecule has 0 bridgehead atoms. The van der Waals surface area contributed by atoms with E-state index in [1.807, 2.05) is 0 Å². The third-order valence-corrected chi connectivity index (χ3v) is 5.72. The molecule has 0 aliphatic heterocycles. The van der Waals surface area contributed by atoms with E-state index in [0.717, 1.165) is 4.31 Å². The summed E-state index contributed by atoms with van der Waals surface area (Å²) >= 11 is 22.4. The van der Waals surface area contributed by atoms with E-state index < -0.39 is 6.03 Å². The first-order valence-electron chi connectivity index (χ1n) is 9.22. The highest BCUT2D eigenvalue weighted by molar-refractivity contribution is 7.82. The van der Waals surface area contributed by atoms with Gasteiger partial charge in [0.05, 0.1) is 34.7 Å². The number of aromatic nitrogens is 3. The number of halogens is 3. The van der Waals surface area contributed by atoms with Crippen molar-refractivity contribution in [3.8, 4) is 22.8 Å². The molecule has 4 aromatic rings. The van der Waals surface area contributed by atoms with Crippen molar-refractivity contribution >= 4 is 76.3 Å². The molecule has 2 heterocycles. The Hall–Kier alpha value is -2.98. The molecule has 8 nitrogen and oxygen atoms in total. The van der Waals surface area contributed by atoms with Gasteiger partial charge in [-0.3, -0.25) is 0 Å². The summed E-state index contributed by atoms with van der Waals surface area (Å²) in [5.41, 5.74) is 2.25. The summed E-state index contributed by atoms with van der Waals surface area (Å²) in [6.07, 6.45) is 1.38. The van der Waals surface area contributed by atoms with Crippen molar-refractivity contribution in [1.29, 1.82) is 0 Å². The molecule has 0 aliphatic carbocycles. The van der Waals surface area contributed by atoms with Crippen LogP contribution in [0.4, 0.5) is 16.3 Å². The Morgan fingerprint density at radius 2 is 1.82 bits per heavy atom. The van der Waals surface area contributed by atoms with Crippen molar-refractivity contribution in [2.24, 2.45) is 0 Å². The van der Waals surface area contributed by atoms with Gasteiger partial charge in [0.15, 0.2) is 23.0 Å². The van der Waals surface area contributed by atoms with Crippen LogP contribution in [0.2, 0.25) is 15.1 Å². The maximum Gasteiger partial charge on any atom is 0.337 e. The van der Waals surface area contributed by atoms with Crippen molar-refractivity contribution in [2.45, 2.75) is 0 Å². The quantitative estimate of drug-likeness (QED) is 0.274. The number of carbonyl (C=O) groups is 1. The normalized spacial score (nSPS) is 10.8. The summed E-state index contributed by atoms with van der Waals surface area (Å²) in [6.45, 7) is 0. The zero-order valence-corrected chi connectivity index (χ0v) is 19.9. The fraction of sp³-hybridized carbons (Fsp3) is 0.0476. The fourth-order valence-corrected chi connectivity index (χ4v) is 3.97. The molecule has 2 amide bonds. The molecule has 2 aromatic heterocycles. The number of pyridine rings is 1. The van der Waals surface area contributed by atoms with Gasteiger partial charge in [0.2, 0.25) is 0 Å². The number of nitrogens with zero attached hydrogens (tertiary/aromatic N) is 4.